The lowest BCUT2D eigenvalue weighted by atomic mass is 9.98. The largest absolute Gasteiger partial charge is 0.335 e. The zero-order valence-corrected chi connectivity index (χ0v) is 14.1. The number of para-hydroxylation sites is 1. The Balaban J connectivity index is 1.39. The Morgan fingerprint density at radius 3 is 3.17 bits per heavy atom. The minimum absolute atomic E-state index is 0.166. The second-order valence-corrected chi connectivity index (χ2v) is 6.82. The normalized spacial score (nSPS) is 20.5. The van der Waals surface area contributed by atoms with Crippen LogP contribution in [0.3, 0.4) is 0 Å². The maximum absolute atomic E-state index is 12.8. The van der Waals surface area contributed by atoms with Crippen molar-refractivity contribution in [3.05, 3.63) is 48.0 Å². The van der Waals surface area contributed by atoms with Crippen LogP contribution in [0.1, 0.15) is 37.1 Å². The summed E-state index contributed by atoms with van der Waals surface area (Å²) in [4.78, 5) is 19.2. The molecular formula is C19H24N4O. The number of anilines is 1. The van der Waals surface area contributed by atoms with E-state index in [2.05, 4.69) is 27.1 Å². The summed E-state index contributed by atoms with van der Waals surface area (Å²) in [5.41, 5.74) is 2.34. The van der Waals surface area contributed by atoms with Crippen molar-refractivity contribution in [1.82, 2.24) is 14.9 Å². The van der Waals surface area contributed by atoms with E-state index in [0.29, 0.717) is 5.92 Å². The smallest absolute Gasteiger partial charge is 0.243 e. The van der Waals surface area contributed by atoms with Gasteiger partial charge in [0.25, 0.3) is 0 Å². The molecule has 126 valence electrons. The molecule has 2 atom stereocenters. The Hall–Kier alpha value is -2.14. The summed E-state index contributed by atoms with van der Waals surface area (Å²) in [6.07, 6.45) is 7.20. The number of amides is 1. The van der Waals surface area contributed by atoms with Gasteiger partial charge in [-0.15, -0.1) is 0 Å². The first-order valence-corrected chi connectivity index (χ1v) is 8.88. The molecule has 1 aromatic carbocycles. The van der Waals surface area contributed by atoms with E-state index < -0.39 is 0 Å². The van der Waals surface area contributed by atoms with Crippen LogP contribution in [0.2, 0.25) is 0 Å². The number of aryl methyl sites for hydroxylation is 1. The van der Waals surface area contributed by atoms with E-state index >= 15 is 0 Å². The number of hydrogen-bond acceptors (Lipinski definition) is 3. The Morgan fingerprint density at radius 1 is 1.38 bits per heavy atom. The van der Waals surface area contributed by atoms with Gasteiger partial charge in [0, 0.05) is 43.6 Å². The van der Waals surface area contributed by atoms with E-state index in [1.54, 1.807) is 0 Å². The van der Waals surface area contributed by atoms with Crippen molar-refractivity contribution in [2.45, 2.75) is 44.7 Å². The lowest BCUT2D eigenvalue weighted by Gasteiger charge is -2.27. The molecule has 3 heterocycles. The summed E-state index contributed by atoms with van der Waals surface area (Å²) in [5.74, 6) is 1.72. The molecule has 0 unspecified atom stereocenters. The number of nitrogens with one attached hydrogen (secondary N) is 1. The van der Waals surface area contributed by atoms with Crippen molar-refractivity contribution in [2.24, 2.45) is 0 Å². The molecule has 1 aromatic heterocycles. The highest BCUT2D eigenvalue weighted by Crippen LogP contribution is 2.28. The van der Waals surface area contributed by atoms with Crippen LogP contribution >= 0.6 is 0 Å². The van der Waals surface area contributed by atoms with E-state index in [1.807, 2.05) is 36.2 Å². The Bertz CT molecular complexity index is 738. The van der Waals surface area contributed by atoms with Crippen LogP contribution in [0.5, 0.6) is 0 Å². The fraction of sp³-hybridized carbons (Fsp3) is 0.474. The van der Waals surface area contributed by atoms with Gasteiger partial charge in [-0.2, -0.15) is 0 Å². The molecule has 2 aliphatic rings. The van der Waals surface area contributed by atoms with Crippen LogP contribution in [0.15, 0.2) is 36.7 Å². The van der Waals surface area contributed by atoms with Crippen molar-refractivity contribution in [3.63, 3.8) is 0 Å². The van der Waals surface area contributed by atoms with E-state index in [-0.39, 0.29) is 11.9 Å². The molecule has 0 radical (unpaired) electrons. The zero-order valence-electron chi connectivity index (χ0n) is 14.1. The summed E-state index contributed by atoms with van der Waals surface area (Å²) in [5, 5.41) is 3.45. The molecule has 5 heteroatoms. The maximum atomic E-state index is 12.8. The van der Waals surface area contributed by atoms with Gasteiger partial charge in [0.15, 0.2) is 0 Å². The fourth-order valence-electron chi connectivity index (χ4n) is 3.91. The molecule has 4 rings (SSSR count). The topological polar surface area (TPSA) is 50.2 Å². The van der Waals surface area contributed by atoms with Crippen LogP contribution < -0.4 is 10.2 Å². The minimum Gasteiger partial charge on any atom is -0.335 e. The summed E-state index contributed by atoms with van der Waals surface area (Å²) in [6.45, 7) is 4.63. The molecule has 2 aliphatic heterocycles. The van der Waals surface area contributed by atoms with Gasteiger partial charge in [0.2, 0.25) is 5.91 Å². The summed E-state index contributed by atoms with van der Waals surface area (Å²) >= 11 is 0. The summed E-state index contributed by atoms with van der Waals surface area (Å²) in [7, 11) is 0. The molecule has 1 amide bonds. The number of nitrogens with zero attached hydrogens (tertiary/aromatic N) is 3. The second kappa shape index (κ2) is 6.40. The lowest BCUT2D eigenvalue weighted by molar-refractivity contribution is -0.120. The predicted molar refractivity (Wildman–Crippen MR) is 94.2 cm³/mol. The standard InChI is InChI=1S/C19H24N4O/c1-14(19(24)23-11-8-15-5-2-3-7-17(15)23)21-13-16-6-4-10-22-12-9-20-18(16)22/h2-3,5,7,9,12,14,16,21H,4,6,8,10-11,13H2,1H3/t14-,16+/m1/s1. The van der Waals surface area contributed by atoms with E-state index in [4.69, 9.17) is 0 Å². The zero-order chi connectivity index (χ0) is 16.5. The molecule has 24 heavy (non-hydrogen) atoms. The van der Waals surface area contributed by atoms with Gasteiger partial charge < -0.3 is 14.8 Å². The van der Waals surface area contributed by atoms with E-state index in [1.165, 1.54) is 12.0 Å². The molecule has 0 saturated carbocycles. The third-order valence-electron chi connectivity index (χ3n) is 5.26. The highest BCUT2D eigenvalue weighted by molar-refractivity contribution is 5.98. The van der Waals surface area contributed by atoms with Crippen molar-refractivity contribution in [3.8, 4) is 0 Å². The van der Waals surface area contributed by atoms with Crippen molar-refractivity contribution in [1.29, 1.82) is 0 Å². The number of benzene rings is 1. The molecule has 0 fully saturated rings. The fourth-order valence-corrected chi connectivity index (χ4v) is 3.91. The number of carbonyl (C=O) groups excluding carboxylic acids is 1. The molecule has 0 saturated heterocycles. The van der Waals surface area contributed by atoms with Gasteiger partial charge in [-0.25, -0.2) is 4.98 Å². The van der Waals surface area contributed by atoms with Gasteiger partial charge in [-0.1, -0.05) is 18.2 Å². The first kappa shape index (κ1) is 15.4. The first-order valence-electron chi connectivity index (χ1n) is 8.88. The van der Waals surface area contributed by atoms with Crippen molar-refractivity contribution < 1.29 is 4.79 Å². The van der Waals surface area contributed by atoms with Crippen LogP contribution in [0, 0.1) is 0 Å². The minimum atomic E-state index is -0.179. The van der Waals surface area contributed by atoms with Crippen LogP contribution in [0.25, 0.3) is 0 Å². The Kier molecular flexibility index (Phi) is 4.10. The summed E-state index contributed by atoms with van der Waals surface area (Å²) in [6, 6.07) is 8.03. The molecule has 5 nitrogen and oxygen atoms in total. The molecule has 0 aliphatic carbocycles. The number of aromatic nitrogens is 2. The monoisotopic (exact) mass is 324 g/mol. The molecule has 0 spiro atoms. The number of carbonyl (C=O) groups is 1. The van der Waals surface area contributed by atoms with Crippen molar-refractivity contribution in [2.75, 3.05) is 18.0 Å². The highest BCUT2D eigenvalue weighted by Gasteiger charge is 2.28. The second-order valence-electron chi connectivity index (χ2n) is 6.82. The average molecular weight is 324 g/mol. The molecule has 1 N–H and O–H groups in total. The third kappa shape index (κ3) is 2.73. The third-order valence-corrected chi connectivity index (χ3v) is 5.26. The molecule has 0 bridgehead atoms. The quantitative estimate of drug-likeness (QED) is 0.939. The first-order chi connectivity index (χ1) is 11.7. The SMILES string of the molecule is C[C@@H](NC[C@@H]1CCCn2ccnc21)C(=O)N1CCc2ccccc21. The van der Waals surface area contributed by atoms with Gasteiger partial charge in [0.05, 0.1) is 6.04 Å². The average Bonchev–Trinajstić information content (AvgIpc) is 3.25. The van der Waals surface area contributed by atoms with Gasteiger partial charge in [-0.05, 0) is 37.8 Å². The number of imidazole rings is 1. The van der Waals surface area contributed by atoms with Crippen LogP contribution in [-0.4, -0.2) is 34.6 Å². The highest BCUT2D eigenvalue weighted by atomic mass is 16.2. The van der Waals surface area contributed by atoms with E-state index in [9.17, 15) is 4.79 Å². The number of rotatable bonds is 4. The van der Waals surface area contributed by atoms with Gasteiger partial charge >= 0.3 is 0 Å². The van der Waals surface area contributed by atoms with Gasteiger partial charge in [0.1, 0.15) is 5.82 Å². The Morgan fingerprint density at radius 2 is 2.25 bits per heavy atom. The number of fused-ring (bicyclic) bond motifs is 2. The number of hydrogen-bond donors (Lipinski definition) is 1. The maximum Gasteiger partial charge on any atom is 0.243 e. The van der Waals surface area contributed by atoms with Gasteiger partial charge in [-0.3, -0.25) is 4.79 Å². The Labute approximate surface area is 142 Å². The van der Waals surface area contributed by atoms with Crippen LogP contribution in [0.4, 0.5) is 5.69 Å². The molecular weight excluding hydrogens is 300 g/mol. The van der Waals surface area contributed by atoms with E-state index in [0.717, 1.165) is 44.0 Å². The molecule has 2 aromatic rings. The lowest BCUT2D eigenvalue weighted by Crippen LogP contribution is -2.45. The summed E-state index contributed by atoms with van der Waals surface area (Å²) < 4.78 is 2.24. The predicted octanol–water partition coefficient (Wildman–Crippen LogP) is 2.33. The van der Waals surface area contributed by atoms with Crippen LogP contribution in [-0.2, 0) is 17.8 Å². The van der Waals surface area contributed by atoms with Crippen molar-refractivity contribution >= 4 is 11.6 Å².